The molecule has 0 aliphatic heterocycles. The van der Waals surface area contributed by atoms with Crippen LogP contribution < -0.4 is 15.4 Å². The lowest BCUT2D eigenvalue weighted by Gasteiger charge is -2.08. The number of benzene rings is 2. The van der Waals surface area contributed by atoms with Gasteiger partial charge < -0.3 is 15.4 Å². The predicted molar refractivity (Wildman–Crippen MR) is 103 cm³/mol. The van der Waals surface area contributed by atoms with Crippen molar-refractivity contribution in [3.63, 3.8) is 0 Å². The maximum atomic E-state index is 12.2. The Morgan fingerprint density at radius 1 is 1.31 bits per heavy atom. The van der Waals surface area contributed by atoms with Crippen LogP contribution >= 0.6 is 11.6 Å². The minimum Gasteiger partial charge on any atom is -0.496 e. The first-order valence-electron chi connectivity index (χ1n) is 8.08. The summed E-state index contributed by atoms with van der Waals surface area (Å²) in [4.78, 5) is 12.2. The molecular formula is C20H20ClN3O2. The molecule has 5 nitrogen and oxygen atoms in total. The number of methoxy groups -OCH3 is 1. The van der Waals surface area contributed by atoms with Crippen LogP contribution in [0.3, 0.4) is 0 Å². The first-order valence-corrected chi connectivity index (χ1v) is 8.46. The number of nitriles is 1. The fraction of sp³-hybridized carbons (Fsp3) is 0.200. The molecule has 0 radical (unpaired) electrons. The normalized spacial score (nSPS) is 10.8. The topological polar surface area (TPSA) is 74.1 Å². The monoisotopic (exact) mass is 369 g/mol. The van der Waals surface area contributed by atoms with E-state index < -0.39 is 5.91 Å². The standard InChI is InChI=1S/C20H20ClN3O2/c1-14-7-8-17(11-18(14)21)24-20(25)16(12-22)13-23-10-9-15-5-3-4-6-19(15)26-2/h3-8,11,13,23H,9-10H2,1-2H3,(H,24,25)/b16-13-. The Morgan fingerprint density at radius 3 is 2.77 bits per heavy atom. The summed E-state index contributed by atoms with van der Waals surface area (Å²) in [6.07, 6.45) is 2.12. The third-order valence-corrected chi connectivity index (χ3v) is 4.18. The van der Waals surface area contributed by atoms with Gasteiger partial charge in [0.2, 0.25) is 0 Å². The van der Waals surface area contributed by atoms with E-state index in [9.17, 15) is 10.1 Å². The molecule has 0 heterocycles. The van der Waals surface area contributed by atoms with Gasteiger partial charge in [-0.1, -0.05) is 35.9 Å². The Hall–Kier alpha value is -2.97. The van der Waals surface area contributed by atoms with Crippen molar-refractivity contribution in [2.45, 2.75) is 13.3 Å². The molecule has 0 saturated carbocycles. The summed E-state index contributed by atoms with van der Waals surface area (Å²) in [5.41, 5.74) is 2.49. The quantitative estimate of drug-likeness (QED) is 0.442. The van der Waals surface area contributed by atoms with E-state index in [0.29, 0.717) is 23.7 Å². The summed E-state index contributed by atoms with van der Waals surface area (Å²) < 4.78 is 5.30. The highest BCUT2D eigenvalue weighted by Crippen LogP contribution is 2.20. The molecule has 2 aromatic rings. The highest BCUT2D eigenvalue weighted by atomic mass is 35.5. The van der Waals surface area contributed by atoms with Gasteiger partial charge in [-0.05, 0) is 42.7 Å². The summed E-state index contributed by atoms with van der Waals surface area (Å²) >= 11 is 6.04. The molecule has 1 amide bonds. The first kappa shape index (κ1) is 19.4. The average molecular weight is 370 g/mol. The number of anilines is 1. The van der Waals surface area contributed by atoms with E-state index >= 15 is 0 Å². The Labute approximate surface area is 158 Å². The lowest BCUT2D eigenvalue weighted by molar-refractivity contribution is -0.112. The number of amides is 1. The van der Waals surface area contributed by atoms with Crippen LogP contribution in [0.1, 0.15) is 11.1 Å². The van der Waals surface area contributed by atoms with Crippen LogP contribution in [0.2, 0.25) is 5.02 Å². The molecule has 0 spiro atoms. The summed E-state index contributed by atoms with van der Waals surface area (Å²) in [6.45, 7) is 2.44. The molecule has 2 rings (SSSR count). The van der Waals surface area contributed by atoms with Gasteiger partial charge in [-0.2, -0.15) is 5.26 Å². The van der Waals surface area contributed by atoms with Crippen LogP contribution in [-0.4, -0.2) is 19.6 Å². The maximum Gasteiger partial charge on any atom is 0.267 e. The fourth-order valence-corrected chi connectivity index (χ4v) is 2.49. The van der Waals surface area contributed by atoms with Gasteiger partial charge in [0.25, 0.3) is 5.91 Å². The van der Waals surface area contributed by atoms with E-state index in [0.717, 1.165) is 16.9 Å². The van der Waals surface area contributed by atoms with Gasteiger partial charge in [-0.3, -0.25) is 4.79 Å². The molecule has 26 heavy (non-hydrogen) atoms. The highest BCUT2D eigenvalue weighted by Gasteiger charge is 2.10. The number of nitrogens with one attached hydrogen (secondary N) is 2. The van der Waals surface area contributed by atoms with Crippen LogP contribution in [0.4, 0.5) is 5.69 Å². The third-order valence-electron chi connectivity index (χ3n) is 3.77. The van der Waals surface area contributed by atoms with Crippen molar-refractivity contribution < 1.29 is 9.53 Å². The Balaban J connectivity index is 1.93. The number of nitrogens with zero attached hydrogens (tertiary/aromatic N) is 1. The summed E-state index contributed by atoms with van der Waals surface area (Å²) in [5, 5.41) is 15.4. The molecule has 0 fully saturated rings. The Morgan fingerprint density at radius 2 is 2.08 bits per heavy atom. The van der Waals surface area contributed by atoms with Gasteiger partial charge in [0.15, 0.2) is 0 Å². The van der Waals surface area contributed by atoms with E-state index in [1.165, 1.54) is 6.20 Å². The van der Waals surface area contributed by atoms with Crippen LogP contribution in [0.5, 0.6) is 5.75 Å². The number of halogens is 1. The smallest absolute Gasteiger partial charge is 0.267 e. The second kappa shape index (κ2) is 9.50. The molecule has 2 N–H and O–H groups in total. The van der Waals surface area contributed by atoms with Gasteiger partial charge in [0, 0.05) is 23.5 Å². The molecule has 2 aromatic carbocycles. The largest absolute Gasteiger partial charge is 0.496 e. The van der Waals surface area contributed by atoms with Gasteiger partial charge in [-0.15, -0.1) is 0 Å². The summed E-state index contributed by atoms with van der Waals surface area (Å²) in [6, 6.07) is 14.8. The van der Waals surface area contributed by atoms with Crippen LogP contribution in [0.15, 0.2) is 54.2 Å². The minimum absolute atomic E-state index is 0.0123. The zero-order valence-electron chi connectivity index (χ0n) is 14.7. The number of carbonyl (C=O) groups excluding carboxylic acids is 1. The van der Waals surface area contributed by atoms with E-state index in [2.05, 4.69) is 10.6 Å². The van der Waals surface area contributed by atoms with Crippen molar-refractivity contribution in [2.75, 3.05) is 19.0 Å². The van der Waals surface area contributed by atoms with Crippen molar-refractivity contribution in [1.82, 2.24) is 5.32 Å². The van der Waals surface area contributed by atoms with Gasteiger partial charge in [0.1, 0.15) is 17.4 Å². The molecule has 0 aliphatic carbocycles. The lowest BCUT2D eigenvalue weighted by Crippen LogP contribution is -2.18. The SMILES string of the molecule is COc1ccccc1CCN/C=C(/C#N)C(=O)Nc1ccc(C)c(Cl)c1. The molecule has 0 aliphatic rings. The molecule has 6 heteroatoms. The maximum absolute atomic E-state index is 12.2. The molecular weight excluding hydrogens is 350 g/mol. The number of aryl methyl sites for hydroxylation is 1. The average Bonchev–Trinajstić information content (AvgIpc) is 2.65. The van der Waals surface area contributed by atoms with Crippen molar-refractivity contribution in [2.24, 2.45) is 0 Å². The third kappa shape index (κ3) is 5.27. The Kier molecular flexibility index (Phi) is 7.07. The number of hydrogen-bond donors (Lipinski definition) is 2. The van der Waals surface area contributed by atoms with Crippen molar-refractivity contribution in [3.8, 4) is 11.8 Å². The molecule has 134 valence electrons. The second-order valence-electron chi connectivity index (χ2n) is 5.60. The zero-order chi connectivity index (χ0) is 18.9. The van der Waals surface area contributed by atoms with E-state index in [1.807, 2.05) is 37.3 Å². The first-order chi connectivity index (χ1) is 12.5. The number of ether oxygens (including phenoxy) is 1. The van der Waals surface area contributed by atoms with Crippen LogP contribution in [0, 0.1) is 18.3 Å². The van der Waals surface area contributed by atoms with Gasteiger partial charge >= 0.3 is 0 Å². The van der Waals surface area contributed by atoms with Crippen LogP contribution in [-0.2, 0) is 11.2 Å². The molecule has 0 saturated heterocycles. The predicted octanol–water partition coefficient (Wildman–Crippen LogP) is 3.84. The number of carbonyl (C=O) groups is 1. The zero-order valence-corrected chi connectivity index (χ0v) is 15.4. The fourth-order valence-electron chi connectivity index (χ4n) is 2.31. The summed E-state index contributed by atoms with van der Waals surface area (Å²) in [7, 11) is 1.63. The van der Waals surface area contributed by atoms with Gasteiger partial charge in [0.05, 0.1) is 7.11 Å². The number of hydrogen-bond acceptors (Lipinski definition) is 4. The molecule has 0 aromatic heterocycles. The van der Waals surface area contributed by atoms with Crippen molar-refractivity contribution >= 4 is 23.2 Å². The molecule has 0 bridgehead atoms. The molecule has 0 atom stereocenters. The van der Waals surface area contributed by atoms with Gasteiger partial charge in [-0.25, -0.2) is 0 Å². The Bertz CT molecular complexity index is 856. The second-order valence-corrected chi connectivity index (χ2v) is 6.01. The minimum atomic E-state index is -0.489. The van der Waals surface area contributed by atoms with Crippen LogP contribution in [0.25, 0.3) is 0 Å². The van der Waals surface area contributed by atoms with E-state index in [1.54, 1.807) is 25.3 Å². The van der Waals surface area contributed by atoms with Crippen molar-refractivity contribution in [1.29, 1.82) is 5.26 Å². The van der Waals surface area contributed by atoms with E-state index in [4.69, 9.17) is 16.3 Å². The molecule has 0 unspecified atom stereocenters. The lowest BCUT2D eigenvalue weighted by atomic mass is 10.1. The highest BCUT2D eigenvalue weighted by molar-refractivity contribution is 6.31. The van der Waals surface area contributed by atoms with Crippen molar-refractivity contribution in [3.05, 3.63) is 70.4 Å². The number of para-hydroxylation sites is 1. The summed E-state index contributed by atoms with van der Waals surface area (Å²) in [5.74, 6) is 0.324. The number of rotatable bonds is 7. The van der Waals surface area contributed by atoms with E-state index in [-0.39, 0.29) is 5.57 Å².